The van der Waals surface area contributed by atoms with Crippen molar-refractivity contribution in [3.63, 3.8) is 0 Å². The molecule has 1 saturated heterocycles. The maximum absolute atomic E-state index is 12.0. The van der Waals surface area contributed by atoms with E-state index < -0.39 is 0 Å². The summed E-state index contributed by atoms with van der Waals surface area (Å²) in [5.74, 6) is -0.146. The summed E-state index contributed by atoms with van der Waals surface area (Å²) in [6.07, 6.45) is 7.89. The number of carbonyl (C=O) groups is 2. The fraction of sp³-hybridized carbons (Fsp3) is 0.500. The zero-order valence-electron chi connectivity index (χ0n) is 14.3. The van der Waals surface area contributed by atoms with Gasteiger partial charge in [-0.05, 0) is 43.4 Å². The fourth-order valence-corrected chi connectivity index (χ4v) is 2.88. The molecule has 6 heteroatoms. The maximum atomic E-state index is 12.0. The standard InChI is InChI=1S/C18H26N4O2/c1-15(23)20-17-9-7-16(8-10-17)13-19-21-18(24)14-22-11-5-3-2-4-6-12-22/h7-10,13H,2-6,11-12,14H2,1H3,(H,20,23)(H,21,24)/p+1/b19-13-. The number of quaternary nitrogens is 1. The van der Waals surface area contributed by atoms with Crippen LogP contribution < -0.4 is 15.6 Å². The second kappa shape index (κ2) is 9.82. The molecule has 0 atom stereocenters. The molecule has 1 heterocycles. The van der Waals surface area contributed by atoms with Crippen molar-refractivity contribution in [3.8, 4) is 0 Å². The molecule has 6 nitrogen and oxygen atoms in total. The Morgan fingerprint density at radius 1 is 1.08 bits per heavy atom. The Morgan fingerprint density at radius 3 is 2.33 bits per heavy atom. The first-order valence-electron chi connectivity index (χ1n) is 8.66. The molecule has 0 spiro atoms. The van der Waals surface area contributed by atoms with E-state index in [4.69, 9.17) is 0 Å². The van der Waals surface area contributed by atoms with Gasteiger partial charge in [-0.3, -0.25) is 9.59 Å². The Balaban J connectivity index is 1.75. The van der Waals surface area contributed by atoms with Gasteiger partial charge in [0.05, 0.1) is 19.3 Å². The van der Waals surface area contributed by atoms with Crippen LogP contribution in [-0.2, 0) is 9.59 Å². The number of hydrogen-bond acceptors (Lipinski definition) is 3. The first-order chi connectivity index (χ1) is 11.6. The molecule has 0 saturated carbocycles. The third-order valence-corrected chi connectivity index (χ3v) is 4.11. The molecule has 0 radical (unpaired) electrons. The van der Waals surface area contributed by atoms with E-state index in [1.807, 2.05) is 12.1 Å². The third kappa shape index (κ3) is 6.91. The molecule has 0 aliphatic carbocycles. The van der Waals surface area contributed by atoms with Crippen molar-refractivity contribution in [2.24, 2.45) is 5.10 Å². The summed E-state index contributed by atoms with van der Waals surface area (Å²) in [5, 5.41) is 6.72. The second-order valence-corrected chi connectivity index (χ2v) is 6.29. The highest BCUT2D eigenvalue weighted by molar-refractivity contribution is 5.89. The molecule has 24 heavy (non-hydrogen) atoms. The van der Waals surface area contributed by atoms with Gasteiger partial charge >= 0.3 is 0 Å². The van der Waals surface area contributed by atoms with Crippen molar-refractivity contribution in [2.75, 3.05) is 25.0 Å². The first-order valence-corrected chi connectivity index (χ1v) is 8.66. The van der Waals surface area contributed by atoms with Crippen LogP contribution in [0.25, 0.3) is 0 Å². The number of hydrazone groups is 1. The van der Waals surface area contributed by atoms with Crippen molar-refractivity contribution in [3.05, 3.63) is 29.8 Å². The normalized spacial score (nSPS) is 16.4. The Hall–Kier alpha value is -2.21. The Labute approximate surface area is 143 Å². The number of rotatable bonds is 5. The van der Waals surface area contributed by atoms with Gasteiger partial charge in [0.25, 0.3) is 5.91 Å². The molecular weight excluding hydrogens is 304 g/mol. The molecule has 130 valence electrons. The second-order valence-electron chi connectivity index (χ2n) is 6.29. The molecule has 1 aromatic rings. The minimum Gasteiger partial charge on any atom is -0.327 e. The van der Waals surface area contributed by atoms with Gasteiger partial charge in [-0.1, -0.05) is 18.6 Å². The summed E-state index contributed by atoms with van der Waals surface area (Å²) in [4.78, 5) is 24.3. The highest BCUT2D eigenvalue weighted by Crippen LogP contribution is 2.07. The molecule has 1 fully saturated rings. The highest BCUT2D eigenvalue weighted by Gasteiger charge is 2.14. The number of amides is 2. The monoisotopic (exact) mass is 331 g/mol. The Bertz CT molecular complexity index is 561. The first kappa shape index (κ1) is 18.1. The van der Waals surface area contributed by atoms with E-state index in [9.17, 15) is 9.59 Å². The molecule has 3 N–H and O–H groups in total. The summed E-state index contributed by atoms with van der Waals surface area (Å²) in [6.45, 7) is 4.10. The van der Waals surface area contributed by atoms with Crippen LogP contribution in [0.5, 0.6) is 0 Å². The number of carbonyl (C=O) groups excluding carboxylic acids is 2. The third-order valence-electron chi connectivity index (χ3n) is 4.11. The van der Waals surface area contributed by atoms with Gasteiger partial charge in [-0.25, -0.2) is 5.43 Å². The van der Waals surface area contributed by atoms with Crippen molar-refractivity contribution in [1.82, 2.24) is 5.43 Å². The largest absolute Gasteiger partial charge is 0.327 e. The predicted molar refractivity (Wildman–Crippen MR) is 95.1 cm³/mol. The number of hydrogen-bond donors (Lipinski definition) is 3. The van der Waals surface area contributed by atoms with Gasteiger partial charge in [0, 0.05) is 12.6 Å². The molecule has 2 amide bonds. The Kier molecular flexibility index (Phi) is 7.42. The van der Waals surface area contributed by atoms with E-state index in [0.29, 0.717) is 6.54 Å². The minimum absolute atomic E-state index is 0.0447. The lowest BCUT2D eigenvalue weighted by molar-refractivity contribution is -0.893. The quantitative estimate of drug-likeness (QED) is 0.555. The van der Waals surface area contributed by atoms with E-state index in [1.165, 1.54) is 43.9 Å². The summed E-state index contributed by atoms with van der Waals surface area (Å²) in [7, 11) is 0. The van der Waals surface area contributed by atoms with Gasteiger partial charge in [0.15, 0.2) is 6.54 Å². The topological polar surface area (TPSA) is 75.0 Å². The number of benzene rings is 1. The van der Waals surface area contributed by atoms with Crippen LogP contribution in [0.3, 0.4) is 0 Å². The molecule has 1 aromatic carbocycles. The highest BCUT2D eigenvalue weighted by atomic mass is 16.2. The lowest BCUT2D eigenvalue weighted by Crippen LogP contribution is -3.13. The smallest absolute Gasteiger partial charge is 0.295 e. The summed E-state index contributed by atoms with van der Waals surface area (Å²) < 4.78 is 0. The van der Waals surface area contributed by atoms with Gasteiger partial charge in [-0.2, -0.15) is 5.10 Å². The maximum Gasteiger partial charge on any atom is 0.295 e. The molecule has 0 aromatic heterocycles. The molecular formula is C18H27N4O2+. The fourth-order valence-electron chi connectivity index (χ4n) is 2.88. The SMILES string of the molecule is CC(=O)Nc1ccc(/C=N\NC(=O)C[NH+]2CCCCCCC2)cc1. The van der Waals surface area contributed by atoms with E-state index in [1.54, 1.807) is 18.3 Å². The van der Waals surface area contributed by atoms with E-state index in [-0.39, 0.29) is 11.8 Å². The van der Waals surface area contributed by atoms with Gasteiger partial charge in [0.2, 0.25) is 5.91 Å². The van der Waals surface area contributed by atoms with E-state index >= 15 is 0 Å². The van der Waals surface area contributed by atoms with Gasteiger partial charge < -0.3 is 10.2 Å². The average Bonchev–Trinajstić information content (AvgIpc) is 2.51. The molecule has 2 rings (SSSR count). The Morgan fingerprint density at radius 2 is 1.71 bits per heavy atom. The van der Waals surface area contributed by atoms with Crippen LogP contribution in [0, 0.1) is 0 Å². The number of nitrogens with zero attached hydrogens (tertiary/aromatic N) is 1. The molecule has 1 aliphatic rings. The molecule has 1 aliphatic heterocycles. The summed E-state index contributed by atoms with van der Waals surface area (Å²) in [5.41, 5.74) is 4.21. The predicted octanol–water partition coefficient (Wildman–Crippen LogP) is 0.944. The van der Waals surface area contributed by atoms with Crippen molar-refractivity contribution < 1.29 is 14.5 Å². The van der Waals surface area contributed by atoms with Crippen molar-refractivity contribution >= 4 is 23.7 Å². The van der Waals surface area contributed by atoms with Crippen molar-refractivity contribution in [2.45, 2.75) is 39.0 Å². The van der Waals surface area contributed by atoms with Crippen LogP contribution in [0.1, 0.15) is 44.6 Å². The average molecular weight is 331 g/mol. The van der Waals surface area contributed by atoms with Gasteiger partial charge in [0.1, 0.15) is 0 Å². The molecule has 0 bridgehead atoms. The summed E-state index contributed by atoms with van der Waals surface area (Å²) >= 11 is 0. The van der Waals surface area contributed by atoms with E-state index in [0.717, 1.165) is 24.3 Å². The van der Waals surface area contributed by atoms with Crippen LogP contribution in [0.15, 0.2) is 29.4 Å². The lowest BCUT2D eigenvalue weighted by atomic mass is 10.1. The van der Waals surface area contributed by atoms with Crippen LogP contribution in [0.4, 0.5) is 5.69 Å². The van der Waals surface area contributed by atoms with Crippen LogP contribution in [0.2, 0.25) is 0 Å². The minimum atomic E-state index is -0.101. The van der Waals surface area contributed by atoms with Gasteiger partial charge in [-0.15, -0.1) is 0 Å². The zero-order chi connectivity index (χ0) is 17.2. The molecule has 0 unspecified atom stereocenters. The van der Waals surface area contributed by atoms with Crippen LogP contribution in [-0.4, -0.2) is 37.7 Å². The lowest BCUT2D eigenvalue weighted by Gasteiger charge is -2.20. The zero-order valence-corrected chi connectivity index (χ0v) is 14.3. The summed E-state index contributed by atoms with van der Waals surface area (Å²) in [6, 6.07) is 7.28. The number of anilines is 1. The van der Waals surface area contributed by atoms with E-state index in [2.05, 4.69) is 15.8 Å². The number of likely N-dealkylation sites (tertiary alicyclic amines) is 1. The van der Waals surface area contributed by atoms with Crippen molar-refractivity contribution in [1.29, 1.82) is 0 Å². The van der Waals surface area contributed by atoms with Crippen LogP contribution >= 0.6 is 0 Å². The number of nitrogens with one attached hydrogen (secondary N) is 3.